The lowest BCUT2D eigenvalue weighted by Gasteiger charge is -2.23. The summed E-state index contributed by atoms with van der Waals surface area (Å²) in [6, 6.07) is 7.12. The Hall–Kier alpha value is -1.26. The molecule has 3 rings (SSSR count). The predicted octanol–water partition coefficient (Wildman–Crippen LogP) is 4.50. The molecule has 0 spiro atoms. The van der Waals surface area contributed by atoms with E-state index in [1.807, 2.05) is 6.07 Å². The van der Waals surface area contributed by atoms with E-state index in [1.165, 1.54) is 0 Å². The molecule has 1 amide bonds. The molecule has 1 aromatic carbocycles. The normalized spacial score (nSPS) is 17.6. The lowest BCUT2D eigenvalue weighted by atomic mass is 9.93. The van der Waals surface area contributed by atoms with Crippen LogP contribution < -0.4 is 5.32 Å². The number of halogens is 2. The zero-order valence-corrected chi connectivity index (χ0v) is 13.0. The lowest BCUT2D eigenvalue weighted by molar-refractivity contribution is 0.0931. The van der Waals surface area contributed by atoms with Gasteiger partial charge in [0.25, 0.3) is 5.91 Å². The molecule has 1 N–H and O–H groups in total. The SMILES string of the molecule is O=C(NC1CCCc2occc21)c1ccc(Cl)cc1Br. The molecule has 20 heavy (non-hydrogen) atoms. The molecule has 1 aromatic heterocycles. The van der Waals surface area contributed by atoms with Crippen molar-refractivity contribution >= 4 is 33.4 Å². The molecule has 1 unspecified atom stereocenters. The fourth-order valence-electron chi connectivity index (χ4n) is 2.55. The Labute approximate surface area is 130 Å². The molecule has 0 fully saturated rings. The second-order valence-electron chi connectivity index (χ2n) is 4.84. The van der Waals surface area contributed by atoms with Gasteiger partial charge in [-0.05, 0) is 53.0 Å². The van der Waals surface area contributed by atoms with Gasteiger partial charge in [-0.1, -0.05) is 11.6 Å². The molecule has 2 aromatic rings. The molecule has 1 aliphatic rings. The second-order valence-corrected chi connectivity index (χ2v) is 6.13. The van der Waals surface area contributed by atoms with E-state index in [4.69, 9.17) is 16.0 Å². The summed E-state index contributed by atoms with van der Waals surface area (Å²) in [4.78, 5) is 12.4. The van der Waals surface area contributed by atoms with Crippen LogP contribution in [0.25, 0.3) is 0 Å². The number of hydrogen-bond acceptors (Lipinski definition) is 2. The van der Waals surface area contributed by atoms with Crippen LogP contribution in [0.4, 0.5) is 0 Å². The fourth-order valence-corrected chi connectivity index (χ4v) is 3.41. The average Bonchev–Trinajstić information content (AvgIpc) is 2.87. The maximum Gasteiger partial charge on any atom is 0.252 e. The van der Waals surface area contributed by atoms with Gasteiger partial charge in [-0.15, -0.1) is 0 Å². The fraction of sp³-hybridized carbons (Fsp3) is 0.267. The minimum absolute atomic E-state index is 0.0209. The highest BCUT2D eigenvalue weighted by molar-refractivity contribution is 9.10. The molecule has 0 radical (unpaired) electrons. The summed E-state index contributed by atoms with van der Waals surface area (Å²) in [6.07, 6.45) is 4.59. The molecule has 3 nitrogen and oxygen atoms in total. The zero-order valence-electron chi connectivity index (χ0n) is 10.7. The number of fused-ring (bicyclic) bond motifs is 1. The van der Waals surface area contributed by atoms with Crippen LogP contribution in [-0.2, 0) is 6.42 Å². The van der Waals surface area contributed by atoms with E-state index in [0.29, 0.717) is 15.1 Å². The van der Waals surface area contributed by atoms with Crippen molar-refractivity contribution < 1.29 is 9.21 Å². The summed E-state index contributed by atoms with van der Waals surface area (Å²) < 4.78 is 6.13. The second kappa shape index (κ2) is 5.62. The van der Waals surface area contributed by atoms with Gasteiger partial charge >= 0.3 is 0 Å². The van der Waals surface area contributed by atoms with Gasteiger partial charge in [0.2, 0.25) is 0 Å². The number of carbonyl (C=O) groups is 1. The third-order valence-electron chi connectivity index (χ3n) is 3.53. The van der Waals surface area contributed by atoms with E-state index in [1.54, 1.807) is 24.5 Å². The molecule has 0 bridgehead atoms. The first-order valence-electron chi connectivity index (χ1n) is 6.47. The minimum Gasteiger partial charge on any atom is -0.469 e. The Balaban J connectivity index is 1.81. The van der Waals surface area contributed by atoms with Gasteiger partial charge in [-0.2, -0.15) is 0 Å². The van der Waals surface area contributed by atoms with Crippen molar-refractivity contribution in [1.29, 1.82) is 0 Å². The smallest absolute Gasteiger partial charge is 0.252 e. The summed E-state index contributed by atoms with van der Waals surface area (Å²) >= 11 is 9.26. The van der Waals surface area contributed by atoms with Gasteiger partial charge in [0.1, 0.15) is 5.76 Å². The van der Waals surface area contributed by atoms with Crippen LogP contribution >= 0.6 is 27.5 Å². The molecule has 1 atom stereocenters. The number of hydrogen-bond donors (Lipinski definition) is 1. The van der Waals surface area contributed by atoms with E-state index in [9.17, 15) is 4.79 Å². The highest BCUT2D eigenvalue weighted by Gasteiger charge is 2.24. The number of nitrogens with one attached hydrogen (secondary N) is 1. The highest BCUT2D eigenvalue weighted by atomic mass is 79.9. The van der Waals surface area contributed by atoms with Gasteiger partial charge in [-0.3, -0.25) is 4.79 Å². The Bertz CT molecular complexity index is 653. The van der Waals surface area contributed by atoms with E-state index in [-0.39, 0.29) is 11.9 Å². The molecule has 104 valence electrons. The first-order valence-corrected chi connectivity index (χ1v) is 7.64. The van der Waals surface area contributed by atoms with Crippen LogP contribution in [0.3, 0.4) is 0 Å². The Morgan fingerprint density at radius 2 is 2.25 bits per heavy atom. The summed E-state index contributed by atoms with van der Waals surface area (Å²) in [5.74, 6) is 0.879. The molecule has 5 heteroatoms. The third kappa shape index (κ3) is 2.63. The Morgan fingerprint density at radius 1 is 1.40 bits per heavy atom. The van der Waals surface area contributed by atoms with Crippen LogP contribution in [0.5, 0.6) is 0 Å². The van der Waals surface area contributed by atoms with Crippen molar-refractivity contribution in [3.8, 4) is 0 Å². The number of furan rings is 1. The van der Waals surface area contributed by atoms with Crippen molar-refractivity contribution in [3.05, 3.63) is 56.9 Å². The van der Waals surface area contributed by atoms with Crippen molar-refractivity contribution in [1.82, 2.24) is 5.32 Å². The molecule has 1 aliphatic carbocycles. The Kier molecular flexibility index (Phi) is 3.85. The molecule has 0 saturated heterocycles. The van der Waals surface area contributed by atoms with Crippen molar-refractivity contribution in [2.75, 3.05) is 0 Å². The summed E-state index contributed by atoms with van der Waals surface area (Å²) in [5, 5.41) is 3.67. The van der Waals surface area contributed by atoms with Crippen LogP contribution in [0.2, 0.25) is 5.02 Å². The maximum absolute atomic E-state index is 12.4. The van der Waals surface area contributed by atoms with Crippen molar-refractivity contribution in [2.24, 2.45) is 0 Å². The van der Waals surface area contributed by atoms with Crippen LogP contribution in [0, 0.1) is 0 Å². The molecular formula is C15H13BrClNO2. The van der Waals surface area contributed by atoms with Gasteiger partial charge < -0.3 is 9.73 Å². The summed E-state index contributed by atoms with van der Waals surface area (Å²) in [7, 11) is 0. The van der Waals surface area contributed by atoms with Crippen LogP contribution in [0.15, 0.2) is 39.4 Å². The monoisotopic (exact) mass is 353 g/mol. The maximum atomic E-state index is 12.4. The number of rotatable bonds is 2. The zero-order chi connectivity index (χ0) is 14.1. The number of carbonyl (C=O) groups excluding carboxylic acids is 1. The van der Waals surface area contributed by atoms with E-state index >= 15 is 0 Å². The van der Waals surface area contributed by atoms with Crippen LogP contribution in [-0.4, -0.2) is 5.91 Å². The van der Waals surface area contributed by atoms with Gasteiger partial charge in [0.15, 0.2) is 0 Å². The number of aryl methyl sites for hydroxylation is 1. The third-order valence-corrected chi connectivity index (χ3v) is 4.42. The summed E-state index contributed by atoms with van der Waals surface area (Å²) in [6.45, 7) is 0. The number of amides is 1. The van der Waals surface area contributed by atoms with E-state index < -0.39 is 0 Å². The van der Waals surface area contributed by atoms with E-state index in [0.717, 1.165) is 30.6 Å². The average molecular weight is 355 g/mol. The van der Waals surface area contributed by atoms with Gasteiger partial charge in [0, 0.05) is 21.5 Å². The quantitative estimate of drug-likeness (QED) is 0.862. The minimum atomic E-state index is -0.104. The predicted molar refractivity (Wildman–Crippen MR) is 81.0 cm³/mol. The van der Waals surface area contributed by atoms with Crippen molar-refractivity contribution in [3.63, 3.8) is 0 Å². The van der Waals surface area contributed by atoms with Gasteiger partial charge in [-0.25, -0.2) is 0 Å². The highest BCUT2D eigenvalue weighted by Crippen LogP contribution is 2.31. The number of benzene rings is 1. The van der Waals surface area contributed by atoms with Crippen LogP contribution in [0.1, 0.15) is 40.6 Å². The topological polar surface area (TPSA) is 42.2 Å². The molecule has 0 aliphatic heterocycles. The Morgan fingerprint density at radius 3 is 3.05 bits per heavy atom. The first kappa shape index (κ1) is 13.7. The molecule has 1 heterocycles. The molecule has 0 saturated carbocycles. The molecular weight excluding hydrogens is 342 g/mol. The largest absolute Gasteiger partial charge is 0.469 e. The first-order chi connectivity index (χ1) is 9.65. The lowest BCUT2D eigenvalue weighted by Crippen LogP contribution is -2.30. The van der Waals surface area contributed by atoms with E-state index in [2.05, 4.69) is 21.2 Å². The van der Waals surface area contributed by atoms with Gasteiger partial charge in [0.05, 0.1) is 17.9 Å². The van der Waals surface area contributed by atoms with Crippen molar-refractivity contribution in [2.45, 2.75) is 25.3 Å². The standard InChI is InChI=1S/C15H13BrClNO2/c16-12-8-9(17)4-5-10(12)15(19)18-13-2-1-3-14-11(13)6-7-20-14/h4-8,13H,1-3H2,(H,18,19). The summed E-state index contributed by atoms with van der Waals surface area (Å²) in [5.41, 5.74) is 1.68.